The van der Waals surface area contributed by atoms with E-state index >= 15 is 0 Å². The fourth-order valence-electron chi connectivity index (χ4n) is 2.58. The highest BCUT2D eigenvalue weighted by Gasteiger charge is 2.07. The van der Waals surface area contributed by atoms with Gasteiger partial charge >= 0.3 is 0 Å². The maximum atomic E-state index is 5.79. The van der Waals surface area contributed by atoms with E-state index in [-0.39, 0.29) is 0 Å². The molecule has 0 N–H and O–H groups in total. The van der Waals surface area contributed by atoms with Crippen LogP contribution in [0.4, 0.5) is 5.69 Å². The van der Waals surface area contributed by atoms with Gasteiger partial charge in [-0.3, -0.25) is 4.99 Å². The molecule has 1 aromatic heterocycles. The van der Waals surface area contributed by atoms with E-state index in [1.807, 2.05) is 78.9 Å². The Morgan fingerprint density at radius 3 is 2.58 bits per heavy atom. The molecular formula is C22H15BrN2O. The van der Waals surface area contributed by atoms with Crippen molar-refractivity contribution < 1.29 is 4.42 Å². The Labute approximate surface area is 159 Å². The third kappa shape index (κ3) is 3.81. The topological polar surface area (TPSA) is 38.4 Å². The lowest BCUT2D eigenvalue weighted by atomic mass is 10.2. The number of allylic oxidation sites excluding steroid dienone is 1. The number of aromatic nitrogens is 1. The molecule has 3 aromatic carbocycles. The van der Waals surface area contributed by atoms with Gasteiger partial charge in [-0.15, -0.1) is 0 Å². The molecule has 126 valence electrons. The predicted octanol–water partition coefficient (Wildman–Crippen LogP) is 6.67. The van der Waals surface area contributed by atoms with Gasteiger partial charge in [-0.1, -0.05) is 46.3 Å². The van der Waals surface area contributed by atoms with Gasteiger partial charge in [-0.25, -0.2) is 4.98 Å². The van der Waals surface area contributed by atoms with Crippen molar-refractivity contribution in [1.29, 1.82) is 0 Å². The molecule has 0 aliphatic rings. The first-order chi connectivity index (χ1) is 12.8. The molecule has 0 aliphatic heterocycles. The van der Waals surface area contributed by atoms with E-state index in [9.17, 15) is 0 Å². The molecule has 0 saturated carbocycles. The monoisotopic (exact) mass is 402 g/mol. The molecule has 0 saturated heterocycles. The van der Waals surface area contributed by atoms with Gasteiger partial charge in [0.2, 0.25) is 5.89 Å². The lowest BCUT2D eigenvalue weighted by Crippen LogP contribution is -1.76. The van der Waals surface area contributed by atoms with Crippen LogP contribution < -0.4 is 0 Å². The van der Waals surface area contributed by atoms with Gasteiger partial charge in [-0.05, 0) is 60.2 Å². The number of hydrogen-bond acceptors (Lipinski definition) is 3. The predicted molar refractivity (Wildman–Crippen MR) is 111 cm³/mol. The third-order valence-electron chi connectivity index (χ3n) is 3.86. The molecule has 4 rings (SSSR count). The second-order valence-corrected chi connectivity index (χ2v) is 6.64. The maximum Gasteiger partial charge on any atom is 0.227 e. The van der Waals surface area contributed by atoms with Crippen LogP contribution in [-0.4, -0.2) is 11.2 Å². The molecule has 1 heterocycles. The van der Waals surface area contributed by atoms with Crippen molar-refractivity contribution in [2.24, 2.45) is 4.99 Å². The summed E-state index contributed by atoms with van der Waals surface area (Å²) in [5.41, 5.74) is 4.59. The summed E-state index contributed by atoms with van der Waals surface area (Å²) in [7, 11) is 0. The summed E-state index contributed by atoms with van der Waals surface area (Å²) < 4.78 is 6.85. The molecule has 4 aromatic rings. The van der Waals surface area contributed by atoms with Gasteiger partial charge in [0, 0.05) is 16.3 Å². The Morgan fingerprint density at radius 2 is 1.77 bits per heavy atom. The molecule has 3 nitrogen and oxygen atoms in total. The van der Waals surface area contributed by atoms with Gasteiger partial charge in [0.25, 0.3) is 0 Å². The number of oxazole rings is 1. The summed E-state index contributed by atoms with van der Waals surface area (Å²) in [4.78, 5) is 8.96. The zero-order valence-corrected chi connectivity index (χ0v) is 15.4. The Morgan fingerprint density at radius 1 is 0.923 bits per heavy atom. The average molecular weight is 403 g/mol. The van der Waals surface area contributed by atoms with Crippen LogP contribution in [0.15, 0.2) is 92.8 Å². The smallest absolute Gasteiger partial charge is 0.227 e. The first-order valence-corrected chi connectivity index (χ1v) is 8.99. The van der Waals surface area contributed by atoms with Crippen LogP contribution in [0.25, 0.3) is 28.6 Å². The van der Waals surface area contributed by atoms with E-state index in [4.69, 9.17) is 4.42 Å². The zero-order valence-electron chi connectivity index (χ0n) is 13.8. The minimum absolute atomic E-state index is 0.622. The van der Waals surface area contributed by atoms with E-state index in [1.54, 1.807) is 6.21 Å². The molecular weight excluding hydrogens is 388 g/mol. The van der Waals surface area contributed by atoms with Gasteiger partial charge in [0.05, 0.1) is 5.69 Å². The fraction of sp³-hybridized carbons (Fsp3) is 0. The number of nitrogens with zero attached hydrogens (tertiary/aromatic N) is 2. The standard InChI is InChI=1S/C22H15BrN2O/c23-18-7-3-5-16(15-18)6-4-14-24-19-12-10-17(11-13-19)22-25-20-8-1-2-9-21(20)26-22/h1-15H. The average Bonchev–Trinajstić information content (AvgIpc) is 3.10. The number of benzene rings is 3. The summed E-state index contributed by atoms with van der Waals surface area (Å²) in [6.07, 6.45) is 5.73. The SMILES string of the molecule is Brc1cccc(C=CC=Nc2ccc(-c3nc4ccccc4o3)cc2)c1. The van der Waals surface area contributed by atoms with Crippen molar-refractivity contribution in [2.45, 2.75) is 0 Å². The second kappa shape index (κ2) is 7.50. The quantitative estimate of drug-likeness (QED) is 0.357. The van der Waals surface area contributed by atoms with Crippen molar-refractivity contribution >= 4 is 45.0 Å². The van der Waals surface area contributed by atoms with Crippen molar-refractivity contribution in [1.82, 2.24) is 4.98 Å². The molecule has 4 heteroatoms. The Hall–Kier alpha value is -2.98. The van der Waals surface area contributed by atoms with Crippen LogP contribution in [0.3, 0.4) is 0 Å². The first-order valence-electron chi connectivity index (χ1n) is 8.20. The van der Waals surface area contributed by atoms with Crippen LogP contribution in [0.1, 0.15) is 5.56 Å². The van der Waals surface area contributed by atoms with Crippen LogP contribution in [-0.2, 0) is 0 Å². The van der Waals surface area contributed by atoms with Crippen molar-refractivity contribution in [3.8, 4) is 11.5 Å². The number of para-hydroxylation sites is 2. The molecule has 0 fully saturated rings. The van der Waals surface area contributed by atoms with Crippen LogP contribution in [0.2, 0.25) is 0 Å². The number of rotatable bonds is 4. The molecule has 0 amide bonds. The van der Waals surface area contributed by atoms with Gasteiger partial charge < -0.3 is 4.42 Å². The minimum Gasteiger partial charge on any atom is -0.436 e. The Balaban J connectivity index is 1.47. The fourth-order valence-corrected chi connectivity index (χ4v) is 3.00. The second-order valence-electron chi connectivity index (χ2n) is 5.73. The molecule has 0 atom stereocenters. The lowest BCUT2D eigenvalue weighted by Gasteiger charge is -1.96. The van der Waals surface area contributed by atoms with Crippen molar-refractivity contribution in [2.75, 3.05) is 0 Å². The van der Waals surface area contributed by atoms with Gasteiger partial charge in [-0.2, -0.15) is 0 Å². The number of hydrogen-bond donors (Lipinski definition) is 0. The molecule has 0 bridgehead atoms. The largest absolute Gasteiger partial charge is 0.436 e. The summed E-state index contributed by atoms with van der Waals surface area (Å²) in [5, 5.41) is 0. The highest BCUT2D eigenvalue weighted by atomic mass is 79.9. The molecule has 0 radical (unpaired) electrons. The normalized spacial score (nSPS) is 11.7. The van der Waals surface area contributed by atoms with E-state index in [0.717, 1.165) is 32.4 Å². The molecule has 0 spiro atoms. The lowest BCUT2D eigenvalue weighted by molar-refractivity contribution is 0.620. The van der Waals surface area contributed by atoms with Crippen LogP contribution in [0, 0.1) is 0 Å². The van der Waals surface area contributed by atoms with Crippen molar-refractivity contribution in [3.63, 3.8) is 0 Å². The van der Waals surface area contributed by atoms with Gasteiger partial charge in [0.1, 0.15) is 5.52 Å². The van der Waals surface area contributed by atoms with Crippen molar-refractivity contribution in [3.05, 3.63) is 88.9 Å². The van der Waals surface area contributed by atoms with E-state index < -0.39 is 0 Å². The van der Waals surface area contributed by atoms with Gasteiger partial charge in [0.15, 0.2) is 5.58 Å². The summed E-state index contributed by atoms with van der Waals surface area (Å²) in [5.74, 6) is 0.622. The zero-order chi connectivity index (χ0) is 17.8. The Bertz CT molecular complexity index is 1060. The van der Waals surface area contributed by atoms with E-state index in [0.29, 0.717) is 5.89 Å². The van der Waals surface area contributed by atoms with E-state index in [2.05, 4.69) is 32.0 Å². The highest BCUT2D eigenvalue weighted by molar-refractivity contribution is 9.10. The number of fused-ring (bicyclic) bond motifs is 1. The Kier molecular flexibility index (Phi) is 4.75. The highest BCUT2D eigenvalue weighted by Crippen LogP contribution is 2.25. The first kappa shape index (κ1) is 16.5. The number of halogens is 1. The summed E-state index contributed by atoms with van der Waals surface area (Å²) in [6, 6.07) is 23.7. The van der Waals surface area contributed by atoms with Crippen LogP contribution in [0.5, 0.6) is 0 Å². The minimum atomic E-state index is 0.622. The molecule has 26 heavy (non-hydrogen) atoms. The van der Waals surface area contributed by atoms with E-state index in [1.165, 1.54) is 0 Å². The summed E-state index contributed by atoms with van der Waals surface area (Å²) >= 11 is 3.46. The van der Waals surface area contributed by atoms with Crippen LogP contribution >= 0.6 is 15.9 Å². The third-order valence-corrected chi connectivity index (χ3v) is 4.35. The maximum absolute atomic E-state index is 5.79. The molecule has 0 aliphatic carbocycles. The summed E-state index contributed by atoms with van der Waals surface area (Å²) in [6.45, 7) is 0. The molecule has 0 unspecified atom stereocenters. The number of aliphatic imine (C=N–C) groups is 1.